The fourth-order valence-electron chi connectivity index (χ4n) is 1.47. The second kappa shape index (κ2) is 5.83. The highest BCUT2D eigenvalue weighted by Crippen LogP contribution is 2.01. The van der Waals surface area contributed by atoms with Crippen LogP contribution in [0.25, 0.3) is 0 Å². The molecule has 0 saturated carbocycles. The molecule has 4 nitrogen and oxygen atoms in total. The summed E-state index contributed by atoms with van der Waals surface area (Å²) in [5, 5.41) is 12.7. The molecule has 4 heteroatoms. The lowest BCUT2D eigenvalue weighted by Gasteiger charge is -2.04. The normalized spacial score (nSPS) is 10.1. The summed E-state index contributed by atoms with van der Waals surface area (Å²) in [7, 11) is 0. The Bertz CT molecular complexity index is 499. The molecule has 0 bridgehead atoms. The number of rotatable bonds is 5. The van der Waals surface area contributed by atoms with Crippen molar-refractivity contribution >= 4 is 0 Å². The van der Waals surface area contributed by atoms with Crippen molar-refractivity contribution in [2.75, 3.05) is 6.61 Å². The molecular weight excluding hydrogens is 214 g/mol. The van der Waals surface area contributed by atoms with Crippen molar-refractivity contribution in [1.29, 1.82) is 5.26 Å². The van der Waals surface area contributed by atoms with Crippen LogP contribution >= 0.6 is 0 Å². The van der Waals surface area contributed by atoms with E-state index in [1.807, 2.05) is 36.4 Å². The summed E-state index contributed by atoms with van der Waals surface area (Å²) in [5.74, 6) is 0. The standard InChI is InChI=1S/C13H13N3O/c14-8-13-9-15-16(10-13)6-7-17-11-12-4-2-1-3-5-12/h1-5,9-10H,6-7,11H2. The van der Waals surface area contributed by atoms with Crippen LogP contribution in [0.15, 0.2) is 42.7 Å². The number of ether oxygens (including phenoxy) is 1. The Morgan fingerprint density at radius 1 is 1.29 bits per heavy atom. The lowest BCUT2D eigenvalue weighted by atomic mass is 10.2. The zero-order valence-corrected chi connectivity index (χ0v) is 9.41. The van der Waals surface area contributed by atoms with Crippen LogP contribution in [0.4, 0.5) is 0 Å². The fourth-order valence-corrected chi connectivity index (χ4v) is 1.47. The van der Waals surface area contributed by atoms with Crippen LogP contribution in [-0.2, 0) is 17.9 Å². The number of aromatic nitrogens is 2. The smallest absolute Gasteiger partial charge is 0.102 e. The molecule has 1 aromatic carbocycles. The minimum atomic E-state index is 0.577. The number of hydrogen-bond donors (Lipinski definition) is 0. The number of nitrogens with zero attached hydrogens (tertiary/aromatic N) is 3. The number of benzene rings is 1. The minimum Gasteiger partial charge on any atom is -0.375 e. The summed E-state index contributed by atoms with van der Waals surface area (Å²) < 4.78 is 7.23. The molecule has 0 aliphatic heterocycles. The maximum atomic E-state index is 8.64. The van der Waals surface area contributed by atoms with Crippen molar-refractivity contribution in [3.63, 3.8) is 0 Å². The largest absolute Gasteiger partial charge is 0.375 e. The third kappa shape index (κ3) is 3.44. The lowest BCUT2D eigenvalue weighted by Crippen LogP contribution is -2.06. The predicted molar refractivity (Wildman–Crippen MR) is 63.0 cm³/mol. The Hall–Kier alpha value is -2.12. The highest BCUT2D eigenvalue weighted by atomic mass is 16.5. The topological polar surface area (TPSA) is 50.8 Å². The van der Waals surface area contributed by atoms with Crippen LogP contribution < -0.4 is 0 Å². The minimum absolute atomic E-state index is 0.577. The quantitative estimate of drug-likeness (QED) is 0.734. The Morgan fingerprint density at radius 2 is 2.12 bits per heavy atom. The van der Waals surface area contributed by atoms with E-state index in [2.05, 4.69) is 5.10 Å². The average molecular weight is 227 g/mol. The Labute approximate surface area is 100 Å². The summed E-state index contributed by atoms with van der Waals surface area (Å²) in [6, 6.07) is 12.1. The zero-order chi connectivity index (χ0) is 11.9. The average Bonchev–Trinajstić information content (AvgIpc) is 2.84. The molecule has 0 atom stereocenters. The molecule has 0 aliphatic carbocycles. The van der Waals surface area contributed by atoms with E-state index in [4.69, 9.17) is 10.00 Å². The molecule has 2 aromatic rings. The van der Waals surface area contributed by atoms with Crippen molar-refractivity contribution in [3.05, 3.63) is 53.9 Å². The van der Waals surface area contributed by atoms with Crippen LogP contribution in [0.2, 0.25) is 0 Å². The maximum Gasteiger partial charge on any atom is 0.102 e. The van der Waals surface area contributed by atoms with Gasteiger partial charge in [-0.25, -0.2) is 0 Å². The monoisotopic (exact) mass is 227 g/mol. The molecule has 0 amide bonds. The van der Waals surface area contributed by atoms with Crippen LogP contribution in [0, 0.1) is 11.3 Å². The molecular formula is C13H13N3O. The van der Waals surface area contributed by atoms with Crippen LogP contribution in [0.5, 0.6) is 0 Å². The molecule has 0 fully saturated rings. The predicted octanol–water partition coefficient (Wildman–Crippen LogP) is 1.97. The van der Waals surface area contributed by atoms with E-state index in [0.29, 0.717) is 25.3 Å². The van der Waals surface area contributed by atoms with Gasteiger partial charge in [-0.3, -0.25) is 4.68 Å². The lowest BCUT2D eigenvalue weighted by molar-refractivity contribution is 0.111. The summed E-state index contributed by atoms with van der Waals surface area (Å²) in [5.41, 5.74) is 1.73. The number of nitriles is 1. The summed E-state index contributed by atoms with van der Waals surface area (Å²) in [4.78, 5) is 0. The van der Waals surface area contributed by atoms with Gasteiger partial charge in [-0.05, 0) is 5.56 Å². The Morgan fingerprint density at radius 3 is 2.82 bits per heavy atom. The molecule has 0 saturated heterocycles. The second-order valence-electron chi connectivity index (χ2n) is 3.64. The first kappa shape index (κ1) is 11.4. The van der Waals surface area contributed by atoms with Gasteiger partial charge in [-0.15, -0.1) is 0 Å². The van der Waals surface area contributed by atoms with Crippen molar-refractivity contribution in [2.45, 2.75) is 13.2 Å². The van der Waals surface area contributed by atoms with E-state index in [-0.39, 0.29) is 0 Å². The van der Waals surface area contributed by atoms with Crippen LogP contribution in [0.3, 0.4) is 0 Å². The van der Waals surface area contributed by atoms with Crippen molar-refractivity contribution in [2.24, 2.45) is 0 Å². The van der Waals surface area contributed by atoms with Crippen molar-refractivity contribution in [1.82, 2.24) is 9.78 Å². The highest BCUT2D eigenvalue weighted by Gasteiger charge is 1.97. The number of hydrogen-bond acceptors (Lipinski definition) is 3. The molecule has 1 aromatic heterocycles. The molecule has 0 spiro atoms. The summed E-state index contributed by atoms with van der Waals surface area (Å²) in [6.45, 7) is 1.85. The van der Waals surface area contributed by atoms with Crippen molar-refractivity contribution in [3.8, 4) is 6.07 Å². The molecule has 2 rings (SSSR count). The molecule has 0 radical (unpaired) electrons. The van der Waals surface area contributed by atoms with E-state index in [1.54, 1.807) is 17.1 Å². The first-order chi connectivity index (χ1) is 8.38. The van der Waals surface area contributed by atoms with Gasteiger partial charge < -0.3 is 4.74 Å². The Balaban J connectivity index is 1.72. The molecule has 0 aliphatic rings. The van der Waals surface area contributed by atoms with Crippen LogP contribution in [0.1, 0.15) is 11.1 Å². The SMILES string of the molecule is N#Cc1cnn(CCOCc2ccccc2)c1. The van der Waals surface area contributed by atoms with E-state index >= 15 is 0 Å². The van der Waals surface area contributed by atoms with Crippen LogP contribution in [-0.4, -0.2) is 16.4 Å². The van der Waals surface area contributed by atoms with Gasteiger partial charge in [0.15, 0.2) is 0 Å². The summed E-state index contributed by atoms with van der Waals surface area (Å²) >= 11 is 0. The van der Waals surface area contributed by atoms with Gasteiger partial charge in [-0.1, -0.05) is 30.3 Å². The first-order valence-corrected chi connectivity index (χ1v) is 5.43. The van der Waals surface area contributed by atoms with Gasteiger partial charge in [0.2, 0.25) is 0 Å². The van der Waals surface area contributed by atoms with E-state index in [1.165, 1.54) is 0 Å². The fraction of sp³-hybridized carbons (Fsp3) is 0.231. The maximum absolute atomic E-state index is 8.64. The second-order valence-corrected chi connectivity index (χ2v) is 3.64. The molecule has 86 valence electrons. The van der Waals surface area contributed by atoms with Gasteiger partial charge in [0, 0.05) is 6.20 Å². The van der Waals surface area contributed by atoms with E-state index in [9.17, 15) is 0 Å². The third-order valence-electron chi connectivity index (χ3n) is 2.34. The zero-order valence-electron chi connectivity index (χ0n) is 9.41. The highest BCUT2D eigenvalue weighted by molar-refractivity contribution is 5.21. The van der Waals surface area contributed by atoms with Gasteiger partial charge in [0.1, 0.15) is 6.07 Å². The molecule has 0 unspecified atom stereocenters. The molecule has 0 N–H and O–H groups in total. The van der Waals surface area contributed by atoms with E-state index < -0.39 is 0 Å². The van der Waals surface area contributed by atoms with Gasteiger partial charge in [-0.2, -0.15) is 10.4 Å². The van der Waals surface area contributed by atoms with E-state index in [0.717, 1.165) is 5.56 Å². The Kier molecular flexibility index (Phi) is 3.90. The molecule has 17 heavy (non-hydrogen) atoms. The van der Waals surface area contributed by atoms with Gasteiger partial charge in [0.25, 0.3) is 0 Å². The van der Waals surface area contributed by atoms with Crippen molar-refractivity contribution < 1.29 is 4.74 Å². The summed E-state index contributed by atoms with van der Waals surface area (Å²) in [6.07, 6.45) is 3.27. The van der Waals surface area contributed by atoms with Gasteiger partial charge >= 0.3 is 0 Å². The first-order valence-electron chi connectivity index (χ1n) is 5.43. The third-order valence-corrected chi connectivity index (χ3v) is 2.34. The van der Waals surface area contributed by atoms with Gasteiger partial charge in [0.05, 0.1) is 31.5 Å². The molecule has 1 heterocycles.